The van der Waals surface area contributed by atoms with E-state index in [1.54, 1.807) is 37.5 Å². The van der Waals surface area contributed by atoms with E-state index in [1.165, 1.54) is 10.7 Å². The van der Waals surface area contributed by atoms with E-state index in [-0.39, 0.29) is 23.5 Å². The number of halogens is 3. The third-order valence-corrected chi connectivity index (χ3v) is 5.91. The van der Waals surface area contributed by atoms with E-state index in [1.807, 2.05) is 30.3 Å². The van der Waals surface area contributed by atoms with Crippen LogP contribution in [-0.4, -0.2) is 34.7 Å². The number of nitrogens with one attached hydrogen (secondary N) is 1. The predicted octanol–water partition coefficient (Wildman–Crippen LogP) is 4.82. The van der Waals surface area contributed by atoms with Crippen LogP contribution in [0.15, 0.2) is 71.9 Å². The van der Waals surface area contributed by atoms with Gasteiger partial charge in [-0.3, -0.25) is 9.78 Å². The van der Waals surface area contributed by atoms with Gasteiger partial charge in [-0.2, -0.15) is 18.3 Å². The second-order valence-electron chi connectivity index (χ2n) is 8.61. The predicted molar refractivity (Wildman–Crippen MR) is 137 cm³/mol. The van der Waals surface area contributed by atoms with E-state index in [9.17, 15) is 18.0 Å². The second kappa shape index (κ2) is 11.0. The van der Waals surface area contributed by atoms with Gasteiger partial charge in [-0.1, -0.05) is 36.4 Å². The number of hydrogen-bond acceptors (Lipinski definition) is 7. The summed E-state index contributed by atoms with van der Waals surface area (Å²) in [5.41, 5.74) is 0.579. The zero-order chi connectivity index (χ0) is 27.4. The summed E-state index contributed by atoms with van der Waals surface area (Å²) in [5, 5.41) is 4.82. The Hall–Kier alpha value is -4.71. The molecule has 39 heavy (non-hydrogen) atoms. The van der Waals surface area contributed by atoms with Crippen LogP contribution in [0.2, 0.25) is 0 Å². The molecule has 5 aromatic rings. The molecular formula is C27H22F3N7O2. The van der Waals surface area contributed by atoms with Gasteiger partial charge in [0.05, 0.1) is 19.3 Å². The second-order valence-corrected chi connectivity index (χ2v) is 8.61. The van der Waals surface area contributed by atoms with Crippen LogP contribution in [0, 0.1) is 0 Å². The number of H-pyrrole nitrogens is 1. The lowest BCUT2D eigenvalue weighted by atomic mass is 10.1. The molecule has 4 heterocycles. The first-order chi connectivity index (χ1) is 18.8. The highest BCUT2D eigenvalue weighted by molar-refractivity contribution is 5.79. The van der Waals surface area contributed by atoms with Gasteiger partial charge in [0.2, 0.25) is 0 Å². The van der Waals surface area contributed by atoms with E-state index >= 15 is 0 Å². The van der Waals surface area contributed by atoms with E-state index in [4.69, 9.17) is 4.74 Å². The molecule has 0 spiro atoms. The lowest BCUT2D eigenvalue weighted by Crippen LogP contribution is -2.14. The summed E-state index contributed by atoms with van der Waals surface area (Å²) in [4.78, 5) is 32.3. The summed E-state index contributed by atoms with van der Waals surface area (Å²) < 4.78 is 46.4. The minimum atomic E-state index is -4.55. The van der Waals surface area contributed by atoms with Crippen molar-refractivity contribution in [3.05, 3.63) is 112 Å². The van der Waals surface area contributed by atoms with Crippen molar-refractivity contribution in [1.82, 2.24) is 34.7 Å². The number of aromatic nitrogens is 7. The molecule has 0 amide bonds. The highest BCUT2D eigenvalue weighted by atomic mass is 19.4. The van der Waals surface area contributed by atoms with Crippen LogP contribution in [0.25, 0.3) is 23.2 Å². The molecule has 1 unspecified atom stereocenters. The van der Waals surface area contributed by atoms with Crippen LogP contribution < -0.4 is 5.56 Å². The molecule has 0 radical (unpaired) electrons. The minimum Gasteiger partial charge on any atom is -0.370 e. The average molecular weight is 534 g/mol. The Morgan fingerprint density at radius 1 is 1.00 bits per heavy atom. The average Bonchev–Trinajstić information content (AvgIpc) is 3.31. The summed E-state index contributed by atoms with van der Waals surface area (Å²) in [6.07, 6.45) is 2.92. The molecule has 4 aromatic heterocycles. The van der Waals surface area contributed by atoms with Gasteiger partial charge >= 0.3 is 6.18 Å². The van der Waals surface area contributed by atoms with Crippen LogP contribution in [0.1, 0.15) is 47.1 Å². The van der Waals surface area contributed by atoms with Crippen molar-refractivity contribution in [2.24, 2.45) is 0 Å². The number of aromatic amines is 1. The van der Waals surface area contributed by atoms with Crippen molar-refractivity contribution >= 4 is 23.2 Å². The van der Waals surface area contributed by atoms with Crippen molar-refractivity contribution in [3.8, 4) is 0 Å². The summed E-state index contributed by atoms with van der Waals surface area (Å²) >= 11 is 0. The van der Waals surface area contributed by atoms with Gasteiger partial charge in [-0.25, -0.2) is 19.6 Å². The van der Waals surface area contributed by atoms with Gasteiger partial charge in [0, 0.05) is 18.6 Å². The molecule has 0 bridgehead atoms. The lowest BCUT2D eigenvalue weighted by Gasteiger charge is -2.14. The van der Waals surface area contributed by atoms with Crippen LogP contribution in [0.5, 0.6) is 0 Å². The molecule has 0 fully saturated rings. The summed E-state index contributed by atoms with van der Waals surface area (Å²) in [7, 11) is 0. The molecule has 1 N–H and O–H groups in total. The fraction of sp³-hybridized carbons (Fsp3) is 0.185. The zero-order valence-corrected chi connectivity index (χ0v) is 20.6. The van der Waals surface area contributed by atoms with Crippen molar-refractivity contribution in [2.45, 2.75) is 32.4 Å². The van der Waals surface area contributed by atoms with Crippen LogP contribution in [0.4, 0.5) is 13.2 Å². The smallest absolute Gasteiger partial charge is 0.370 e. The number of rotatable bonds is 8. The molecule has 198 valence electrons. The molecule has 12 heteroatoms. The quantitative estimate of drug-likeness (QED) is 0.304. The highest BCUT2D eigenvalue weighted by Crippen LogP contribution is 2.29. The number of alkyl halides is 3. The standard InChI is InChI=1S/C27H22F3N7O2/c1-17(19-8-9-21(33-14-19)27(28,29)30)37-25-24(20(36-37)16-39-15-18-6-3-2-4-7-18)26(38)35-23(34-25)11-10-22-31-12-5-13-32-22/h2-14,17H,15-16H2,1H3,(H,34,35,38)/b11-10+. The Balaban J connectivity index is 1.52. The summed E-state index contributed by atoms with van der Waals surface area (Å²) in [6, 6.07) is 12.9. The molecule has 1 aromatic carbocycles. The van der Waals surface area contributed by atoms with Gasteiger partial charge in [0.1, 0.15) is 22.6 Å². The van der Waals surface area contributed by atoms with Crippen molar-refractivity contribution < 1.29 is 17.9 Å². The topological polar surface area (TPSA) is 111 Å². The van der Waals surface area contributed by atoms with Crippen LogP contribution >= 0.6 is 0 Å². The molecule has 5 rings (SSSR count). The fourth-order valence-electron chi connectivity index (χ4n) is 3.93. The maximum atomic E-state index is 13.2. The monoisotopic (exact) mass is 533 g/mol. The van der Waals surface area contributed by atoms with E-state index in [2.05, 4.69) is 30.0 Å². The maximum Gasteiger partial charge on any atom is 0.433 e. The molecule has 0 aliphatic heterocycles. The number of pyridine rings is 1. The van der Waals surface area contributed by atoms with Crippen molar-refractivity contribution in [1.29, 1.82) is 0 Å². The van der Waals surface area contributed by atoms with E-state index < -0.39 is 23.5 Å². The Bertz CT molecular complexity index is 1650. The molecule has 9 nitrogen and oxygen atoms in total. The van der Waals surface area contributed by atoms with Gasteiger partial charge < -0.3 is 9.72 Å². The molecule has 0 saturated carbocycles. The first kappa shape index (κ1) is 25.9. The van der Waals surface area contributed by atoms with Crippen LogP contribution in [-0.2, 0) is 24.1 Å². The van der Waals surface area contributed by atoms with E-state index in [0.29, 0.717) is 23.7 Å². The van der Waals surface area contributed by atoms with Gasteiger partial charge in [-0.15, -0.1) is 0 Å². The summed E-state index contributed by atoms with van der Waals surface area (Å²) in [5.74, 6) is 0.656. The molecular weight excluding hydrogens is 511 g/mol. The Kier molecular flexibility index (Phi) is 7.28. The Morgan fingerprint density at radius 2 is 1.77 bits per heavy atom. The Labute approximate surface area is 220 Å². The molecule has 1 atom stereocenters. The number of hydrogen-bond donors (Lipinski definition) is 1. The van der Waals surface area contributed by atoms with Gasteiger partial charge in [0.25, 0.3) is 5.56 Å². The normalized spacial score (nSPS) is 12.8. The molecule has 0 aliphatic rings. The number of nitrogens with zero attached hydrogens (tertiary/aromatic N) is 6. The SMILES string of the molecule is CC(c1ccc(C(F)(F)F)nc1)n1nc(COCc2ccccc2)c2c(=O)[nH]c(/C=C/c3ncccn3)nc21. The van der Waals surface area contributed by atoms with Gasteiger partial charge in [0.15, 0.2) is 11.5 Å². The third-order valence-electron chi connectivity index (χ3n) is 5.91. The van der Waals surface area contributed by atoms with Crippen molar-refractivity contribution in [3.63, 3.8) is 0 Å². The fourth-order valence-corrected chi connectivity index (χ4v) is 3.93. The maximum absolute atomic E-state index is 13.2. The summed E-state index contributed by atoms with van der Waals surface area (Å²) in [6.45, 7) is 2.06. The zero-order valence-electron chi connectivity index (χ0n) is 20.6. The Morgan fingerprint density at radius 3 is 2.46 bits per heavy atom. The highest BCUT2D eigenvalue weighted by Gasteiger charge is 2.32. The first-order valence-electron chi connectivity index (χ1n) is 11.9. The third kappa shape index (κ3) is 5.91. The van der Waals surface area contributed by atoms with Gasteiger partial charge in [-0.05, 0) is 42.3 Å². The molecule has 0 saturated heterocycles. The first-order valence-corrected chi connectivity index (χ1v) is 11.9. The number of benzene rings is 1. The number of ether oxygens (including phenoxy) is 1. The van der Waals surface area contributed by atoms with E-state index in [0.717, 1.165) is 17.8 Å². The van der Waals surface area contributed by atoms with Crippen LogP contribution in [0.3, 0.4) is 0 Å². The van der Waals surface area contributed by atoms with Crippen molar-refractivity contribution in [2.75, 3.05) is 0 Å². The minimum absolute atomic E-state index is 0.0220. The molecule has 0 aliphatic carbocycles. The number of fused-ring (bicyclic) bond motifs is 1. The largest absolute Gasteiger partial charge is 0.433 e. The lowest BCUT2D eigenvalue weighted by molar-refractivity contribution is -0.141.